The molecule has 29 heavy (non-hydrogen) atoms. The molecule has 0 fully saturated rings. The van der Waals surface area contributed by atoms with Crippen LogP contribution in [-0.4, -0.2) is 22.4 Å². The number of aromatic nitrogens is 2. The first kappa shape index (κ1) is 18.6. The molecule has 146 valence electrons. The van der Waals surface area contributed by atoms with Crippen LogP contribution in [0.2, 0.25) is 0 Å². The Morgan fingerprint density at radius 2 is 1.93 bits per heavy atom. The molecule has 4 rings (SSSR count). The molecule has 2 heterocycles. The normalized spacial score (nSPS) is 10.8. The van der Waals surface area contributed by atoms with Crippen LogP contribution in [0.1, 0.15) is 16.1 Å². The number of benzene rings is 2. The first-order chi connectivity index (χ1) is 14.1. The van der Waals surface area contributed by atoms with E-state index in [-0.39, 0.29) is 17.3 Å². The molecule has 0 spiro atoms. The van der Waals surface area contributed by atoms with E-state index in [1.54, 1.807) is 6.07 Å². The maximum atomic E-state index is 13.8. The Bertz CT molecular complexity index is 1170. The summed E-state index contributed by atoms with van der Waals surface area (Å²) in [4.78, 5) is 19.7. The molecule has 1 amide bonds. The van der Waals surface area contributed by atoms with Crippen LogP contribution in [0.5, 0.6) is 0 Å². The summed E-state index contributed by atoms with van der Waals surface area (Å²) in [5, 5.41) is 6.80. The Balaban J connectivity index is 1.39. The van der Waals surface area contributed by atoms with Gasteiger partial charge in [-0.3, -0.25) is 9.78 Å². The number of aromatic amines is 1. The highest BCUT2D eigenvalue weighted by atomic mass is 19.1. The summed E-state index contributed by atoms with van der Waals surface area (Å²) >= 11 is 0. The Morgan fingerprint density at radius 3 is 2.79 bits per heavy atom. The van der Waals surface area contributed by atoms with Crippen molar-refractivity contribution in [3.05, 3.63) is 89.9 Å². The molecule has 5 nitrogen and oxygen atoms in total. The van der Waals surface area contributed by atoms with Crippen LogP contribution < -0.4 is 10.6 Å². The van der Waals surface area contributed by atoms with Crippen molar-refractivity contribution < 1.29 is 13.6 Å². The zero-order valence-corrected chi connectivity index (χ0v) is 15.4. The molecular formula is C22H18F2N4O. The van der Waals surface area contributed by atoms with E-state index in [1.807, 2.05) is 30.5 Å². The number of para-hydroxylation sites is 1. The Kier molecular flexibility index (Phi) is 5.20. The fraction of sp³-hybridized carbons (Fsp3) is 0.0909. The molecule has 0 unspecified atom stereocenters. The van der Waals surface area contributed by atoms with Crippen molar-refractivity contribution >= 4 is 28.2 Å². The Morgan fingerprint density at radius 1 is 1.07 bits per heavy atom. The first-order valence-electron chi connectivity index (χ1n) is 9.11. The van der Waals surface area contributed by atoms with Gasteiger partial charge < -0.3 is 15.6 Å². The largest absolute Gasteiger partial charge is 0.361 e. The van der Waals surface area contributed by atoms with Crippen molar-refractivity contribution in [1.82, 2.24) is 15.3 Å². The van der Waals surface area contributed by atoms with Crippen molar-refractivity contribution in [3.63, 3.8) is 0 Å². The summed E-state index contributed by atoms with van der Waals surface area (Å²) in [7, 11) is 0. The Hall–Kier alpha value is -3.74. The van der Waals surface area contributed by atoms with Gasteiger partial charge in [0.1, 0.15) is 17.3 Å². The highest BCUT2D eigenvalue weighted by Crippen LogP contribution is 2.21. The van der Waals surface area contributed by atoms with E-state index in [2.05, 4.69) is 20.6 Å². The highest BCUT2D eigenvalue weighted by Gasteiger charge is 2.10. The number of nitrogens with one attached hydrogen (secondary N) is 3. The van der Waals surface area contributed by atoms with Gasteiger partial charge in [-0.25, -0.2) is 8.78 Å². The molecule has 0 aliphatic carbocycles. The van der Waals surface area contributed by atoms with Crippen LogP contribution >= 0.6 is 0 Å². The van der Waals surface area contributed by atoms with Gasteiger partial charge in [-0.15, -0.1) is 0 Å². The van der Waals surface area contributed by atoms with Gasteiger partial charge in [-0.05, 0) is 42.3 Å². The van der Waals surface area contributed by atoms with E-state index in [0.29, 0.717) is 18.7 Å². The number of pyridine rings is 1. The zero-order chi connectivity index (χ0) is 20.2. The number of halogens is 2. The van der Waals surface area contributed by atoms with E-state index >= 15 is 0 Å². The lowest BCUT2D eigenvalue weighted by Crippen LogP contribution is -2.26. The fourth-order valence-electron chi connectivity index (χ4n) is 3.12. The average molecular weight is 392 g/mol. The zero-order valence-electron chi connectivity index (χ0n) is 15.4. The monoisotopic (exact) mass is 392 g/mol. The maximum Gasteiger partial charge on any atom is 0.269 e. The number of anilines is 2. The van der Waals surface area contributed by atoms with Crippen molar-refractivity contribution in [2.24, 2.45) is 0 Å². The van der Waals surface area contributed by atoms with Gasteiger partial charge in [0.15, 0.2) is 0 Å². The van der Waals surface area contributed by atoms with Crippen molar-refractivity contribution in [2.45, 2.75) is 6.42 Å². The Labute approximate surface area is 165 Å². The van der Waals surface area contributed by atoms with E-state index in [1.165, 1.54) is 18.3 Å². The third kappa shape index (κ3) is 4.24. The minimum absolute atomic E-state index is 0.114. The molecular weight excluding hydrogens is 374 g/mol. The van der Waals surface area contributed by atoms with Gasteiger partial charge in [0, 0.05) is 41.6 Å². The molecule has 4 aromatic rings. The van der Waals surface area contributed by atoms with Crippen LogP contribution in [-0.2, 0) is 6.42 Å². The lowest BCUT2D eigenvalue weighted by Gasteiger charge is -2.09. The molecule has 0 aliphatic heterocycles. The molecule has 2 aromatic carbocycles. The van der Waals surface area contributed by atoms with Crippen LogP contribution in [0.25, 0.3) is 10.9 Å². The SMILES string of the molecule is O=C(NCCc1c[nH]c2ccccc12)c1cc(Nc2ccc(F)cc2F)ccn1. The molecule has 2 aromatic heterocycles. The number of hydrogen-bond donors (Lipinski definition) is 3. The summed E-state index contributed by atoms with van der Waals surface area (Å²) in [5.74, 6) is -1.70. The molecule has 7 heteroatoms. The minimum Gasteiger partial charge on any atom is -0.361 e. The van der Waals surface area contributed by atoms with Crippen LogP contribution in [0.4, 0.5) is 20.2 Å². The van der Waals surface area contributed by atoms with E-state index in [0.717, 1.165) is 28.6 Å². The van der Waals surface area contributed by atoms with Gasteiger partial charge in [-0.2, -0.15) is 0 Å². The van der Waals surface area contributed by atoms with Crippen molar-refractivity contribution in [1.29, 1.82) is 0 Å². The second kappa shape index (κ2) is 8.10. The summed E-state index contributed by atoms with van der Waals surface area (Å²) in [6.07, 6.45) is 4.07. The predicted octanol–water partition coefficient (Wildman–Crippen LogP) is 4.56. The number of amides is 1. The number of carbonyl (C=O) groups is 1. The molecule has 0 radical (unpaired) electrons. The van der Waals surface area contributed by atoms with Gasteiger partial charge in [-0.1, -0.05) is 18.2 Å². The third-order valence-corrected chi connectivity index (χ3v) is 4.56. The third-order valence-electron chi connectivity index (χ3n) is 4.56. The maximum absolute atomic E-state index is 13.8. The van der Waals surface area contributed by atoms with Gasteiger partial charge >= 0.3 is 0 Å². The number of hydrogen-bond acceptors (Lipinski definition) is 3. The summed E-state index contributed by atoms with van der Waals surface area (Å²) in [5.41, 5.74) is 2.98. The van der Waals surface area contributed by atoms with Gasteiger partial charge in [0.25, 0.3) is 5.91 Å². The molecule has 0 bridgehead atoms. The molecule has 3 N–H and O–H groups in total. The lowest BCUT2D eigenvalue weighted by atomic mass is 10.1. The smallest absolute Gasteiger partial charge is 0.269 e. The van der Waals surface area contributed by atoms with Gasteiger partial charge in [0.2, 0.25) is 0 Å². The van der Waals surface area contributed by atoms with Crippen LogP contribution in [0, 0.1) is 11.6 Å². The van der Waals surface area contributed by atoms with E-state index in [4.69, 9.17) is 0 Å². The number of nitrogens with zero attached hydrogens (tertiary/aromatic N) is 1. The lowest BCUT2D eigenvalue weighted by molar-refractivity contribution is 0.0949. The van der Waals surface area contributed by atoms with Crippen molar-refractivity contribution in [3.8, 4) is 0 Å². The number of rotatable bonds is 6. The van der Waals surface area contributed by atoms with E-state index in [9.17, 15) is 13.6 Å². The summed E-state index contributed by atoms with van der Waals surface area (Å²) in [6.45, 7) is 0.451. The number of fused-ring (bicyclic) bond motifs is 1. The molecule has 0 aliphatic rings. The van der Waals surface area contributed by atoms with Crippen molar-refractivity contribution in [2.75, 3.05) is 11.9 Å². The number of carbonyl (C=O) groups excluding carboxylic acids is 1. The predicted molar refractivity (Wildman–Crippen MR) is 108 cm³/mol. The van der Waals surface area contributed by atoms with Crippen LogP contribution in [0.15, 0.2) is 67.0 Å². The first-order valence-corrected chi connectivity index (χ1v) is 9.11. The molecule has 0 atom stereocenters. The average Bonchev–Trinajstić information content (AvgIpc) is 3.13. The number of H-pyrrole nitrogens is 1. The standard InChI is InChI=1S/C22H18F2N4O/c23-15-5-6-20(18(24)11-15)28-16-8-10-25-21(12-16)22(29)26-9-7-14-13-27-19-4-2-1-3-17(14)19/h1-6,8,10-13,27H,7,9H2,(H,25,28)(H,26,29). The highest BCUT2D eigenvalue weighted by molar-refractivity contribution is 5.93. The topological polar surface area (TPSA) is 69.8 Å². The van der Waals surface area contributed by atoms with E-state index < -0.39 is 11.6 Å². The summed E-state index contributed by atoms with van der Waals surface area (Å²) in [6, 6.07) is 14.4. The molecule has 0 saturated carbocycles. The quantitative estimate of drug-likeness (QED) is 0.451. The van der Waals surface area contributed by atoms with Gasteiger partial charge in [0.05, 0.1) is 5.69 Å². The second-order valence-electron chi connectivity index (χ2n) is 6.54. The second-order valence-corrected chi connectivity index (χ2v) is 6.54. The van der Waals surface area contributed by atoms with Crippen LogP contribution in [0.3, 0.4) is 0 Å². The molecule has 0 saturated heterocycles. The fourth-order valence-corrected chi connectivity index (χ4v) is 3.12. The summed E-state index contributed by atoms with van der Waals surface area (Å²) < 4.78 is 26.8. The minimum atomic E-state index is -0.716.